The number of allylic oxidation sites excluding steroid dienone is 1. The molecule has 0 heterocycles. The standard InChI is InChI=1S/C15H11BrO4/c16-10-2-6-13(18)9(7-10)1-5-14(19)12-4-3-11(17)8-15(12)20/h1-8,17-18,20H/b5-1+. The minimum Gasteiger partial charge on any atom is -0.508 e. The molecule has 102 valence electrons. The maximum atomic E-state index is 11.9. The molecule has 4 nitrogen and oxygen atoms in total. The van der Waals surface area contributed by atoms with Crippen molar-refractivity contribution in [3.8, 4) is 17.2 Å². The highest BCUT2D eigenvalue weighted by Gasteiger charge is 2.09. The van der Waals surface area contributed by atoms with Crippen molar-refractivity contribution < 1.29 is 20.1 Å². The van der Waals surface area contributed by atoms with Crippen LogP contribution in [0.3, 0.4) is 0 Å². The first-order valence-corrected chi connectivity index (χ1v) is 6.49. The summed E-state index contributed by atoms with van der Waals surface area (Å²) in [7, 11) is 0. The van der Waals surface area contributed by atoms with Crippen LogP contribution in [0.4, 0.5) is 0 Å². The Bertz CT molecular complexity index is 692. The van der Waals surface area contributed by atoms with Gasteiger partial charge < -0.3 is 15.3 Å². The fourth-order valence-corrected chi connectivity index (χ4v) is 2.02. The van der Waals surface area contributed by atoms with E-state index in [4.69, 9.17) is 5.11 Å². The molecule has 3 N–H and O–H groups in total. The van der Waals surface area contributed by atoms with Crippen LogP contribution in [0.1, 0.15) is 15.9 Å². The van der Waals surface area contributed by atoms with Crippen molar-refractivity contribution in [1.82, 2.24) is 0 Å². The van der Waals surface area contributed by atoms with Gasteiger partial charge >= 0.3 is 0 Å². The van der Waals surface area contributed by atoms with Gasteiger partial charge in [0.05, 0.1) is 5.56 Å². The number of aromatic hydroxyl groups is 3. The second kappa shape index (κ2) is 5.79. The topological polar surface area (TPSA) is 77.8 Å². The maximum absolute atomic E-state index is 11.9. The highest BCUT2D eigenvalue weighted by Crippen LogP contribution is 2.25. The Morgan fingerprint density at radius 1 is 1.00 bits per heavy atom. The molecule has 20 heavy (non-hydrogen) atoms. The van der Waals surface area contributed by atoms with E-state index in [9.17, 15) is 15.0 Å². The monoisotopic (exact) mass is 334 g/mol. The summed E-state index contributed by atoms with van der Waals surface area (Å²) in [5.41, 5.74) is 0.555. The number of rotatable bonds is 3. The maximum Gasteiger partial charge on any atom is 0.189 e. The lowest BCUT2D eigenvalue weighted by Gasteiger charge is -2.02. The van der Waals surface area contributed by atoms with Crippen LogP contribution in [0.5, 0.6) is 17.2 Å². The van der Waals surface area contributed by atoms with Crippen molar-refractivity contribution >= 4 is 27.8 Å². The van der Waals surface area contributed by atoms with Crippen LogP contribution in [0.25, 0.3) is 6.08 Å². The molecule has 0 aliphatic rings. The van der Waals surface area contributed by atoms with Crippen LogP contribution in [-0.2, 0) is 0 Å². The molecule has 0 atom stereocenters. The summed E-state index contributed by atoms with van der Waals surface area (Å²) in [5.74, 6) is -0.792. The summed E-state index contributed by atoms with van der Waals surface area (Å²) >= 11 is 3.27. The lowest BCUT2D eigenvalue weighted by Crippen LogP contribution is -1.94. The molecule has 0 saturated carbocycles. The second-order valence-corrected chi connectivity index (χ2v) is 5.02. The predicted molar refractivity (Wildman–Crippen MR) is 78.9 cm³/mol. The Balaban J connectivity index is 2.27. The molecule has 0 aliphatic carbocycles. The summed E-state index contributed by atoms with van der Waals surface area (Å²) in [6, 6.07) is 8.59. The fourth-order valence-electron chi connectivity index (χ4n) is 1.64. The van der Waals surface area contributed by atoms with Crippen molar-refractivity contribution in [1.29, 1.82) is 0 Å². The molecule has 0 amide bonds. The van der Waals surface area contributed by atoms with E-state index >= 15 is 0 Å². The van der Waals surface area contributed by atoms with Crippen molar-refractivity contribution in [2.24, 2.45) is 0 Å². The summed E-state index contributed by atoms with van der Waals surface area (Å²) in [5, 5.41) is 28.4. The number of carbonyl (C=O) groups excluding carboxylic acids is 1. The molecule has 0 fully saturated rings. The number of phenolic OH excluding ortho intramolecular Hbond substituents is 3. The molecule has 0 aromatic heterocycles. The Hall–Kier alpha value is -2.27. The van der Waals surface area contributed by atoms with Crippen LogP contribution in [0, 0.1) is 0 Å². The average molecular weight is 335 g/mol. The normalized spacial score (nSPS) is 10.8. The molecule has 0 bridgehead atoms. The lowest BCUT2D eigenvalue weighted by atomic mass is 10.1. The van der Waals surface area contributed by atoms with Gasteiger partial charge in [-0.3, -0.25) is 4.79 Å². The van der Waals surface area contributed by atoms with Crippen molar-refractivity contribution in [3.05, 3.63) is 58.1 Å². The highest BCUT2D eigenvalue weighted by atomic mass is 79.9. The van der Waals surface area contributed by atoms with E-state index in [0.29, 0.717) is 5.56 Å². The summed E-state index contributed by atoms with van der Waals surface area (Å²) in [6.07, 6.45) is 2.70. The van der Waals surface area contributed by atoms with E-state index in [1.54, 1.807) is 12.1 Å². The van der Waals surface area contributed by atoms with Crippen LogP contribution < -0.4 is 0 Å². The molecule has 0 saturated heterocycles. The third-order valence-electron chi connectivity index (χ3n) is 2.65. The molecule has 2 aromatic carbocycles. The smallest absolute Gasteiger partial charge is 0.189 e. The minimum absolute atomic E-state index is 0.0483. The van der Waals surface area contributed by atoms with Crippen molar-refractivity contribution in [2.45, 2.75) is 0 Å². The Morgan fingerprint density at radius 3 is 2.45 bits per heavy atom. The van der Waals surface area contributed by atoms with E-state index in [2.05, 4.69) is 15.9 Å². The van der Waals surface area contributed by atoms with Crippen LogP contribution in [-0.4, -0.2) is 21.1 Å². The van der Waals surface area contributed by atoms with Gasteiger partial charge in [0.25, 0.3) is 0 Å². The van der Waals surface area contributed by atoms with Gasteiger partial charge in [0.1, 0.15) is 17.2 Å². The number of benzene rings is 2. The largest absolute Gasteiger partial charge is 0.508 e. The van der Waals surface area contributed by atoms with Gasteiger partial charge in [-0.15, -0.1) is 0 Å². The molecule has 5 heteroatoms. The molecule has 0 unspecified atom stereocenters. The predicted octanol–water partition coefficient (Wildman–Crippen LogP) is 3.46. The summed E-state index contributed by atoms with van der Waals surface area (Å²) < 4.78 is 0.773. The van der Waals surface area contributed by atoms with E-state index in [-0.39, 0.29) is 22.8 Å². The van der Waals surface area contributed by atoms with Crippen LogP contribution in [0.15, 0.2) is 46.9 Å². The second-order valence-electron chi connectivity index (χ2n) is 4.10. The molecule has 2 rings (SSSR count). The van der Waals surface area contributed by atoms with Gasteiger partial charge in [0, 0.05) is 16.1 Å². The molecular weight excluding hydrogens is 324 g/mol. The van der Waals surface area contributed by atoms with Crippen LogP contribution in [0.2, 0.25) is 0 Å². The number of halogens is 1. The van der Waals surface area contributed by atoms with Gasteiger partial charge in [-0.2, -0.15) is 0 Å². The number of ketones is 1. The Labute approximate surface area is 123 Å². The average Bonchev–Trinajstić information content (AvgIpc) is 2.39. The van der Waals surface area contributed by atoms with E-state index in [0.717, 1.165) is 10.5 Å². The van der Waals surface area contributed by atoms with E-state index in [1.165, 1.54) is 30.4 Å². The van der Waals surface area contributed by atoms with Crippen LogP contribution >= 0.6 is 15.9 Å². The lowest BCUT2D eigenvalue weighted by molar-refractivity contribution is 0.104. The first-order chi connectivity index (χ1) is 9.47. The Morgan fingerprint density at radius 2 is 1.75 bits per heavy atom. The number of hydrogen-bond donors (Lipinski definition) is 3. The first kappa shape index (κ1) is 14.1. The minimum atomic E-state index is -0.429. The summed E-state index contributed by atoms with van der Waals surface area (Å²) in [6.45, 7) is 0. The Kier molecular flexibility index (Phi) is 4.10. The quantitative estimate of drug-likeness (QED) is 0.593. The molecule has 2 aromatic rings. The van der Waals surface area contributed by atoms with E-state index < -0.39 is 5.78 Å². The zero-order valence-corrected chi connectivity index (χ0v) is 11.8. The molecular formula is C15H11BrO4. The van der Waals surface area contributed by atoms with Gasteiger partial charge in [0.15, 0.2) is 5.78 Å². The number of hydrogen-bond acceptors (Lipinski definition) is 4. The molecule has 0 spiro atoms. The van der Waals surface area contributed by atoms with Gasteiger partial charge in [-0.05, 0) is 42.5 Å². The number of carbonyl (C=O) groups is 1. The molecule has 0 radical (unpaired) electrons. The third-order valence-corrected chi connectivity index (χ3v) is 3.14. The zero-order valence-electron chi connectivity index (χ0n) is 10.2. The highest BCUT2D eigenvalue weighted by molar-refractivity contribution is 9.10. The third kappa shape index (κ3) is 3.19. The fraction of sp³-hybridized carbons (Fsp3) is 0. The van der Waals surface area contributed by atoms with Crippen molar-refractivity contribution in [2.75, 3.05) is 0 Å². The zero-order chi connectivity index (χ0) is 14.7. The SMILES string of the molecule is O=C(/C=C/c1cc(Br)ccc1O)c1ccc(O)cc1O. The summed E-state index contributed by atoms with van der Waals surface area (Å²) in [4.78, 5) is 11.9. The molecule has 0 aliphatic heterocycles. The van der Waals surface area contributed by atoms with Gasteiger partial charge in [-0.1, -0.05) is 15.9 Å². The van der Waals surface area contributed by atoms with Gasteiger partial charge in [0.2, 0.25) is 0 Å². The van der Waals surface area contributed by atoms with E-state index in [1.807, 2.05) is 0 Å². The van der Waals surface area contributed by atoms with Gasteiger partial charge in [-0.25, -0.2) is 0 Å². The first-order valence-electron chi connectivity index (χ1n) is 5.70. The number of phenols is 3. The van der Waals surface area contributed by atoms with Crippen molar-refractivity contribution in [3.63, 3.8) is 0 Å².